The monoisotopic (exact) mass is 249 g/mol. The molecule has 2 N–H and O–H groups in total. The summed E-state index contributed by atoms with van der Waals surface area (Å²) < 4.78 is 5.59. The molecule has 18 heavy (non-hydrogen) atoms. The first kappa shape index (κ1) is 12.7. The van der Waals surface area contributed by atoms with Crippen LogP contribution in [0.5, 0.6) is 5.88 Å². The molecule has 0 unspecified atom stereocenters. The highest BCUT2D eigenvalue weighted by atomic mass is 16.5. The predicted molar refractivity (Wildman–Crippen MR) is 68.4 cm³/mol. The maximum absolute atomic E-state index is 11.5. The van der Waals surface area contributed by atoms with Gasteiger partial charge in [0.05, 0.1) is 6.10 Å². The number of aromatic nitrogens is 1. The fourth-order valence-corrected chi connectivity index (χ4v) is 1.53. The van der Waals surface area contributed by atoms with Crippen molar-refractivity contribution < 1.29 is 9.53 Å². The van der Waals surface area contributed by atoms with E-state index in [9.17, 15) is 4.79 Å². The molecule has 0 spiro atoms. The van der Waals surface area contributed by atoms with Crippen molar-refractivity contribution in [1.29, 1.82) is 0 Å². The Morgan fingerprint density at radius 1 is 1.56 bits per heavy atom. The molecule has 0 atom stereocenters. The molecule has 1 aromatic rings. The van der Waals surface area contributed by atoms with Gasteiger partial charge < -0.3 is 15.4 Å². The van der Waals surface area contributed by atoms with Crippen molar-refractivity contribution in [2.24, 2.45) is 0 Å². The number of nitrogens with one attached hydrogen (secondary N) is 2. The number of hydrogen-bond donors (Lipinski definition) is 2. The molecule has 5 nitrogen and oxygen atoms in total. The average molecular weight is 249 g/mol. The molecule has 2 amide bonds. The largest absolute Gasteiger partial charge is 0.475 e. The maximum Gasteiger partial charge on any atom is 0.315 e. The predicted octanol–water partition coefficient (Wildman–Crippen LogP) is 1.83. The SMILES string of the molecule is CC(C)Oc1ncccc1CNC(=O)NC1CC1. The van der Waals surface area contributed by atoms with Crippen LogP contribution < -0.4 is 15.4 Å². The lowest BCUT2D eigenvalue weighted by molar-refractivity contribution is 0.228. The first-order valence-electron chi connectivity index (χ1n) is 6.30. The highest BCUT2D eigenvalue weighted by molar-refractivity contribution is 5.74. The Morgan fingerprint density at radius 3 is 3.00 bits per heavy atom. The van der Waals surface area contributed by atoms with E-state index in [0.717, 1.165) is 18.4 Å². The van der Waals surface area contributed by atoms with Crippen LogP contribution in [-0.4, -0.2) is 23.2 Å². The van der Waals surface area contributed by atoms with Gasteiger partial charge in [-0.3, -0.25) is 0 Å². The van der Waals surface area contributed by atoms with Gasteiger partial charge in [-0.1, -0.05) is 6.07 Å². The van der Waals surface area contributed by atoms with Crippen LogP contribution in [0.2, 0.25) is 0 Å². The van der Waals surface area contributed by atoms with Crippen LogP contribution in [0.3, 0.4) is 0 Å². The molecule has 0 aromatic carbocycles. The van der Waals surface area contributed by atoms with Crippen molar-refractivity contribution in [3.8, 4) is 5.88 Å². The van der Waals surface area contributed by atoms with Crippen LogP contribution >= 0.6 is 0 Å². The molecule has 1 aliphatic rings. The molecule has 1 aromatic heterocycles. The van der Waals surface area contributed by atoms with Gasteiger partial charge in [-0.15, -0.1) is 0 Å². The van der Waals surface area contributed by atoms with E-state index in [1.54, 1.807) is 6.20 Å². The number of urea groups is 1. The number of nitrogens with zero attached hydrogens (tertiary/aromatic N) is 1. The summed E-state index contributed by atoms with van der Waals surface area (Å²) in [5.74, 6) is 0.583. The molecule has 5 heteroatoms. The van der Waals surface area contributed by atoms with Gasteiger partial charge in [0.15, 0.2) is 0 Å². The molecule has 0 bridgehead atoms. The molecule has 0 aliphatic heterocycles. The van der Waals surface area contributed by atoms with Gasteiger partial charge in [-0.05, 0) is 32.8 Å². The number of amides is 2. The molecule has 1 fully saturated rings. The van der Waals surface area contributed by atoms with Gasteiger partial charge in [-0.25, -0.2) is 9.78 Å². The summed E-state index contributed by atoms with van der Waals surface area (Å²) in [5, 5.41) is 5.69. The molecule has 1 aliphatic carbocycles. The van der Waals surface area contributed by atoms with E-state index in [-0.39, 0.29) is 12.1 Å². The van der Waals surface area contributed by atoms with E-state index in [0.29, 0.717) is 18.5 Å². The van der Waals surface area contributed by atoms with Crippen molar-refractivity contribution in [2.75, 3.05) is 0 Å². The standard InChI is InChI=1S/C13H19N3O2/c1-9(2)18-12-10(4-3-7-14-12)8-15-13(17)16-11-5-6-11/h3-4,7,9,11H,5-6,8H2,1-2H3,(H2,15,16,17). The molecule has 1 saturated carbocycles. The van der Waals surface area contributed by atoms with Crippen LogP contribution in [0.25, 0.3) is 0 Å². The van der Waals surface area contributed by atoms with Gasteiger partial charge in [0.25, 0.3) is 0 Å². The zero-order valence-electron chi connectivity index (χ0n) is 10.8. The second kappa shape index (κ2) is 5.71. The minimum atomic E-state index is -0.128. The number of carbonyl (C=O) groups excluding carboxylic acids is 1. The molecule has 0 saturated heterocycles. The third-order valence-corrected chi connectivity index (χ3v) is 2.55. The zero-order valence-corrected chi connectivity index (χ0v) is 10.8. The number of rotatable bonds is 5. The quantitative estimate of drug-likeness (QED) is 0.836. The van der Waals surface area contributed by atoms with E-state index in [4.69, 9.17) is 4.74 Å². The molecule has 2 rings (SSSR count). The number of carbonyl (C=O) groups is 1. The third-order valence-electron chi connectivity index (χ3n) is 2.55. The number of pyridine rings is 1. The van der Waals surface area contributed by atoms with Crippen molar-refractivity contribution in [2.45, 2.75) is 45.4 Å². The number of ether oxygens (including phenoxy) is 1. The van der Waals surface area contributed by atoms with Crippen LogP contribution in [0.15, 0.2) is 18.3 Å². The van der Waals surface area contributed by atoms with Gasteiger partial charge in [0.2, 0.25) is 5.88 Å². The summed E-state index contributed by atoms with van der Waals surface area (Å²) in [5.41, 5.74) is 0.886. The molecular weight excluding hydrogens is 230 g/mol. The van der Waals surface area contributed by atoms with E-state index in [1.165, 1.54) is 0 Å². The Labute approximate surface area is 107 Å². The van der Waals surface area contributed by atoms with E-state index in [1.807, 2.05) is 26.0 Å². The lowest BCUT2D eigenvalue weighted by atomic mass is 10.2. The highest BCUT2D eigenvalue weighted by Gasteiger charge is 2.23. The topological polar surface area (TPSA) is 63.2 Å². The Bertz CT molecular complexity index is 416. The highest BCUT2D eigenvalue weighted by Crippen LogP contribution is 2.18. The van der Waals surface area contributed by atoms with Crippen molar-refractivity contribution in [1.82, 2.24) is 15.6 Å². The Balaban J connectivity index is 1.88. The minimum absolute atomic E-state index is 0.0685. The van der Waals surface area contributed by atoms with E-state index in [2.05, 4.69) is 15.6 Å². The lowest BCUT2D eigenvalue weighted by Gasteiger charge is -2.13. The summed E-state index contributed by atoms with van der Waals surface area (Å²) in [7, 11) is 0. The lowest BCUT2D eigenvalue weighted by Crippen LogP contribution is -2.36. The molecular formula is C13H19N3O2. The summed E-state index contributed by atoms with van der Waals surface area (Å²) in [6.45, 7) is 4.33. The fraction of sp³-hybridized carbons (Fsp3) is 0.538. The average Bonchev–Trinajstić information content (AvgIpc) is 3.11. The van der Waals surface area contributed by atoms with Gasteiger partial charge in [0.1, 0.15) is 0 Å². The summed E-state index contributed by atoms with van der Waals surface area (Å²) in [6, 6.07) is 3.98. The van der Waals surface area contributed by atoms with E-state index < -0.39 is 0 Å². The van der Waals surface area contributed by atoms with Crippen LogP contribution in [0, 0.1) is 0 Å². The minimum Gasteiger partial charge on any atom is -0.475 e. The molecule has 98 valence electrons. The first-order valence-corrected chi connectivity index (χ1v) is 6.30. The van der Waals surface area contributed by atoms with Crippen molar-refractivity contribution in [3.05, 3.63) is 23.9 Å². The normalized spacial score (nSPS) is 14.4. The van der Waals surface area contributed by atoms with Crippen LogP contribution in [0.4, 0.5) is 4.79 Å². The van der Waals surface area contributed by atoms with Crippen molar-refractivity contribution in [3.63, 3.8) is 0 Å². The van der Waals surface area contributed by atoms with Gasteiger partial charge >= 0.3 is 6.03 Å². The summed E-state index contributed by atoms with van der Waals surface area (Å²) in [4.78, 5) is 15.7. The van der Waals surface area contributed by atoms with Gasteiger partial charge in [0, 0.05) is 24.3 Å². The first-order chi connectivity index (χ1) is 8.65. The van der Waals surface area contributed by atoms with Crippen LogP contribution in [-0.2, 0) is 6.54 Å². The van der Waals surface area contributed by atoms with Gasteiger partial charge in [-0.2, -0.15) is 0 Å². The Hall–Kier alpha value is -1.78. The maximum atomic E-state index is 11.5. The fourth-order valence-electron chi connectivity index (χ4n) is 1.53. The third kappa shape index (κ3) is 3.91. The Kier molecular flexibility index (Phi) is 4.02. The zero-order chi connectivity index (χ0) is 13.0. The van der Waals surface area contributed by atoms with E-state index >= 15 is 0 Å². The van der Waals surface area contributed by atoms with Crippen LogP contribution in [0.1, 0.15) is 32.3 Å². The molecule has 1 heterocycles. The second-order valence-electron chi connectivity index (χ2n) is 4.74. The smallest absolute Gasteiger partial charge is 0.315 e. The van der Waals surface area contributed by atoms with Crippen molar-refractivity contribution >= 4 is 6.03 Å². The molecule has 0 radical (unpaired) electrons. The Morgan fingerprint density at radius 2 is 2.33 bits per heavy atom. The summed E-state index contributed by atoms with van der Waals surface area (Å²) >= 11 is 0. The second-order valence-corrected chi connectivity index (χ2v) is 4.74. The summed E-state index contributed by atoms with van der Waals surface area (Å²) in [6.07, 6.45) is 3.93. The number of hydrogen-bond acceptors (Lipinski definition) is 3.